The maximum absolute atomic E-state index is 12.2. The normalized spacial score (nSPS) is 10.8. The molecule has 0 saturated carbocycles. The highest BCUT2D eigenvalue weighted by molar-refractivity contribution is 5.92. The van der Waals surface area contributed by atoms with Gasteiger partial charge >= 0.3 is 0 Å². The number of carbonyl (C=O) groups is 1. The number of carbonyl (C=O) groups excluding carboxylic acids is 1. The second-order valence-electron chi connectivity index (χ2n) is 5.34. The Balaban J connectivity index is 1.53. The first-order valence-corrected chi connectivity index (χ1v) is 7.61. The summed E-state index contributed by atoms with van der Waals surface area (Å²) < 4.78 is 3.71. The molecule has 0 bridgehead atoms. The van der Waals surface area contributed by atoms with Crippen molar-refractivity contribution >= 4 is 11.4 Å². The van der Waals surface area contributed by atoms with Gasteiger partial charge in [-0.15, -0.1) is 0 Å². The molecule has 0 aliphatic rings. The summed E-state index contributed by atoms with van der Waals surface area (Å²) in [5, 5.41) is 7.21. The smallest absolute Gasteiger partial charge is 0.272 e. The van der Waals surface area contributed by atoms with Crippen LogP contribution in [0.2, 0.25) is 0 Å². The molecule has 0 spiro atoms. The Kier molecular flexibility index (Phi) is 3.55. The molecule has 0 saturated heterocycles. The largest absolute Gasteiger partial charge is 0.345 e. The van der Waals surface area contributed by atoms with Crippen LogP contribution >= 0.6 is 0 Å². The van der Waals surface area contributed by atoms with Gasteiger partial charge in [-0.2, -0.15) is 5.10 Å². The number of fused-ring (bicyclic) bond motifs is 1. The molecule has 24 heavy (non-hydrogen) atoms. The number of pyridine rings is 2. The SMILES string of the molecule is O=C(NCc1ccccn1)c1ccn(-c2ccc3ccccn23)n1. The van der Waals surface area contributed by atoms with Gasteiger partial charge in [-0.25, -0.2) is 4.68 Å². The average Bonchev–Trinajstić information content (AvgIpc) is 3.27. The van der Waals surface area contributed by atoms with Crippen molar-refractivity contribution < 1.29 is 4.79 Å². The molecule has 0 aromatic carbocycles. The van der Waals surface area contributed by atoms with Crippen molar-refractivity contribution in [3.63, 3.8) is 0 Å². The Hall–Kier alpha value is -3.41. The lowest BCUT2D eigenvalue weighted by atomic mass is 10.3. The van der Waals surface area contributed by atoms with Gasteiger partial charge in [0.15, 0.2) is 5.69 Å². The van der Waals surface area contributed by atoms with E-state index < -0.39 is 0 Å². The Morgan fingerprint density at radius 2 is 1.92 bits per heavy atom. The van der Waals surface area contributed by atoms with Crippen LogP contribution in [-0.2, 0) is 6.54 Å². The highest BCUT2D eigenvalue weighted by Gasteiger charge is 2.11. The van der Waals surface area contributed by atoms with Gasteiger partial charge in [0.1, 0.15) is 5.82 Å². The number of nitrogens with zero attached hydrogens (tertiary/aromatic N) is 4. The van der Waals surface area contributed by atoms with Crippen LogP contribution in [-0.4, -0.2) is 25.1 Å². The predicted molar refractivity (Wildman–Crippen MR) is 89.9 cm³/mol. The molecule has 4 aromatic heterocycles. The first-order chi connectivity index (χ1) is 11.8. The number of amides is 1. The number of hydrogen-bond acceptors (Lipinski definition) is 3. The molecule has 1 N–H and O–H groups in total. The van der Waals surface area contributed by atoms with Gasteiger partial charge in [0.05, 0.1) is 12.2 Å². The summed E-state index contributed by atoms with van der Waals surface area (Å²) in [5.41, 5.74) is 2.25. The highest BCUT2D eigenvalue weighted by atomic mass is 16.1. The molecule has 0 unspecified atom stereocenters. The van der Waals surface area contributed by atoms with Crippen molar-refractivity contribution in [1.29, 1.82) is 0 Å². The second kappa shape index (κ2) is 6.00. The van der Waals surface area contributed by atoms with Crippen molar-refractivity contribution in [2.24, 2.45) is 0 Å². The zero-order chi connectivity index (χ0) is 16.4. The van der Waals surface area contributed by atoms with E-state index in [9.17, 15) is 4.79 Å². The van der Waals surface area contributed by atoms with Gasteiger partial charge in [0, 0.05) is 24.1 Å². The number of aromatic nitrogens is 4. The third-order valence-corrected chi connectivity index (χ3v) is 3.75. The van der Waals surface area contributed by atoms with Gasteiger partial charge in [-0.3, -0.25) is 9.78 Å². The maximum Gasteiger partial charge on any atom is 0.272 e. The lowest BCUT2D eigenvalue weighted by Crippen LogP contribution is -2.23. The van der Waals surface area contributed by atoms with Gasteiger partial charge in [0.25, 0.3) is 5.91 Å². The quantitative estimate of drug-likeness (QED) is 0.629. The molecule has 0 radical (unpaired) electrons. The molecular weight excluding hydrogens is 302 g/mol. The summed E-state index contributed by atoms with van der Waals surface area (Å²) >= 11 is 0. The Labute approximate surface area is 138 Å². The van der Waals surface area contributed by atoms with E-state index in [1.165, 1.54) is 0 Å². The van der Waals surface area contributed by atoms with Crippen molar-refractivity contribution in [3.8, 4) is 5.82 Å². The van der Waals surface area contributed by atoms with Crippen molar-refractivity contribution in [1.82, 2.24) is 24.5 Å². The fourth-order valence-corrected chi connectivity index (χ4v) is 2.56. The van der Waals surface area contributed by atoms with Gasteiger partial charge < -0.3 is 9.72 Å². The number of hydrogen-bond donors (Lipinski definition) is 1. The minimum absolute atomic E-state index is 0.222. The molecule has 0 fully saturated rings. The molecule has 4 aromatic rings. The van der Waals surface area contributed by atoms with E-state index in [0.29, 0.717) is 12.2 Å². The first kappa shape index (κ1) is 14.2. The molecule has 4 rings (SSSR count). The van der Waals surface area contributed by atoms with Crippen LogP contribution in [0.4, 0.5) is 0 Å². The molecule has 1 amide bonds. The molecule has 0 aliphatic carbocycles. The van der Waals surface area contributed by atoms with E-state index in [0.717, 1.165) is 17.0 Å². The molecule has 6 nitrogen and oxygen atoms in total. The second-order valence-corrected chi connectivity index (χ2v) is 5.34. The predicted octanol–water partition coefficient (Wildman–Crippen LogP) is 2.45. The topological polar surface area (TPSA) is 64.2 Å². The van der Waals surface area contributed by atoms with E-state index in [2.05, 4.69) is 15.4 Å². The maximum atomic E-state index is 12.2. The van der Waals surface area contributed by atoms with E-state index in [1.807, 2.05) is 59.1 Å². The molecular formula is C18H15N5O. The van der Waals surface area contributed by atoms with E-state index in [4.69, 9.17) is 0 Å². The fourth-order valence-electron chi connectivity index (χ4n) is 2.56. The van der Waals surface area contributed by atoms with E-state index >= 15 is 0 Å². The van der Waals surface area contributed by atoms with E-state index in [-0.39, 0.29) is 5.91 Å². The summed E-state index contributed by atoms with van der Waals surface area (Å²) in [6, 6.07) is 17.2. The van der Waals surface area contributed by atoms with Crippen LogP contribution in [0.15, 0.2) is 73.2 Å². The number of nitrogens with one attached hydrogen (secondary N) is 1. The molecule has 118 valence electrons. The lowest BCUT2D eigenvalue weighted by molar-refractivity contribution is 0.0945. The average molecular weight is 317 g/mol. The van der Waals surface area contributed by atoms with E-state index in [1.54, 1.807) is 23.1 Å². The summed E-state index contributed by atoms with van der Waals surface area (Å²) in [5.74, 6) is 0.662. The number of rotatable bonds is 4. The monoisotopic (exact) mass is 317 g/mol. The van der Waals surface area contributed by atoms with Crippen LogP contribution < -0.4 is 5.32 Å². The summed E-state index contributed by atoms with van der Waals surface area (Å²) in [4.78, 5) is 16.4. The third kappa shape index (κ3) is 2.65. The van der Waals surface area contributed by atoms with Crippen LogP contribution in [0, 0.1) is 0 Å². The summed E-state index contributed by atoms with van der Waals surface area (Å²) in [6.07, 6.45) is 5.45. The van der Waals surface area contributed by atoms with Crippen molar-refractivity contribution in [2.45, 2.75) is 6.54 Å². The van der Waals surface area contributed by atoms with Crippen molar-refractivity contribution in [3.05, 3.63) is 84.6 Å². The molecule has 0 aliphatic heterocycles. The Morgan fingerprint density at radius 3 is 2.79 bits per heavy atom. The zero-order valence-electron chi connectivity index (χ0n) is 12.8. The van der Waals surface area contributed by atoms with Crippen LogP contribution in [0.3, 0.4) is 0 Å². The van der Waals surface area contributed by atoms with Gasteiger partial charge in [-0.05, 0) is 42.5 Å². The van der Waals surface area contributed by atoms with Crippen LogP contribution in [0.5, 0.6) is 0 Å². The van der Waals surface area contributed by atoms with Crippen LogP contribution in [0.1, 0.15) is 16.2 Å². The van der Waals surface area contributed by atoms with Gasteiger partial charge in [0.2, 0.25) is 0 Å². The summed E-state index contributed by atoms with van der Waals surface area (Å²) in [7, 11) is 0. The highest BCUT2D eigenvalue weighted by Crippen LogP contribution is 2.14. The summed E-state index contributed by atoms with van der Waals surface area (Å²) in [6.45, 7) is 0.376. The zero-order valence-corrected chi connectivity index (χ0v) is 12.8. The van der Waals surface area contributed by atoms with Crippen molar-refractivity contribution in [2.75, 3.05) is 0 Å². The standard InChI is InChI=1S/C18H15N5O/c24-18(20-13-14-5-1-3-10-19-14)16-9-12-23(21-16)17-8-7-15-6-2-4-11-22(15)17/h1-12H,13H2,(H,20,24). The van der Waals surface area contributed by atoms with Crippen LogP contribution in [0.25, 0.3) is 11.3 Å². The molecule has 0 atom stereocenters. The molecule has 6 heteroatoms. The molecule has 4 heterocycles. The Bertz CT molecular complexity index is 987. The van der Waals surface area contributed by atoms with Gasteiger partial charge in [-0.1, -0.05) is 12.1 Å². The minimum atomic E-state index is -0.222. The fraction of sp³-hybridized carbons (Fsp3) is 0.0556. The first-order valence-electron chi connectivity index (χ1n) is 7.61. The third-order valence-electron chi connectivity index (χ3n) is 3.75. The lowest BCUT2D eigenvalue weighted by Gasteiger charge is -2.03. The minimum Gasteiger partial charge on any atom is -0.345 e. The Morgan fingerprint density at radius 1 is 1.00 bits per heavy atom.